The Morgan fingerprint density at radius 1 is 1.03 bits per heavy atom. The minimum Gasteiger partial charge on any atom is -0.370 e. The molecule has 5 amide bonds. The number of anilines is 1. The number of amides is 5. The summed E-state index contributed by atoms with van der Waals surface area (Å²) < 4.78 is 0. The normalized spacial score (nSPS) is 24.2. The topological polar surface area (TPSA) is 133 Å². The molecule has 4 heterocycles. The number of imide groups is 2. The van der Waals surface area contributed by atoms with Crippen LogP contribution in [0, 0.1) is 5.92 Å². The first-order chi connectivity index (χ1) is 15.8. The van der Waals surface area contributed by atoms with Crippen molar-refractivity contribution in [2.45, 2.75) is 44.2 Å². The Labute approximate surface area is 191 Å². The number of nitrogens with zero attached hydrogens (tertiary/aromatic N) is 3. The number of nitrogens with two attached hydrogens (primary N) is 1. The predicted molar refractivity (Wildman–Crippen MR) is 117 cm³/mol. The molecule has 0 radical (unpaired) electrons. The maximum Gasteiger partial charge on any atom is 0.264 e. The summed E-state index contributed by atoms with van der Waals surface area (Å²) in [5.74, 6) is -1.72. The third kappa shape index (κ3) is 3.78. The summed E-state index contributed by atoms with van der Waals surface area (Å²) in [6, 6.07) is 4.30. The van der Waals surface area contributed by atoms with Crippen LogP contribution in [-0.2, 0) is 14.4 Å². The highest BCUT2D eigenvalue weighted by Crippen LogP contribution is 2.37. The molecular formula is C23H27N5O5. The van der Waals surface area contributed by atoms with Gasteiger partial charge in [-0.3, -0.25) is 34.2 Å². The van der Waals surface area contributed by atoms with Gasteiger partial charge in [-0.25, -0.2) is 0 Å². The molecule has 1 atom stereocenters. The van der Waals surface area contributed by atoms with Crippen LogP contribution >= 0.6 is 0 Å². The van der Waals surface area contributed by atoms with Crippen molar-refractivity contribution in [2.24, 2.45) is 11.7 Å². The van der Waals surface area contributed by atoms with Gasteiger partial charge in [-0.15, -0.1) is 0 Å². The quantitative estimate of drug-likeness (QED) is 0.607. The van der Waals surface area contributed by atoms with Crippen molar-refractivity contribution in [3.05, 3.63) is 29.3 Å². The van der Waals surface area contributed by atoms with Gasteiger partial charge in [0, 0.05) is 51.0 Å². The molecule has 1 unspecified atom stereocenters. The Balaban J connectivity index is 1.26. The first-order valence-corrected chi connectivity index (χ1v) is 11.5. The maximum atomic E-state index is 13.2. The standard InChI is InChI=1S/C23H27N5O5/c24-14-6-8-26(9-7-14)19(30)10-13-11-27(12-13)16-3-1-2-15-20(16)23(33)28(22(15)32)17-4-5-18(29)25-21(17)31/h1-3,13-14,17H,4-12,24H2,(H,25,29,31). The van der Waals surface area contributed by atoms with E-state index in [0.29, 0.717) is 43.9 Å². The van der Waals surface area contributed by atoms with Gasteiger partial charge in [-0.2, -0.15) is 0 Å². The summed E-state index contributed by atoms with van der Waals surface area (Å²) in [6.07, 6.45) is 2.33. The zero-order valence-corrected chi connectivity index (χ0v) is 18.3. The minimum absolute atomic E-state index is 0.0848. The van der Waals surface area contributed by atoms with E-state index in [0.717, 1.165) is 17.7 Å². The van der Waals surface area contributed by atoms with Crippen molar-refractivity contribution in [1.82, 2.24) is 15.1 Å². The molecular weight excluding hydrogens is 426 g/mol. The van der Waals surface area contributed by atoms with Gasteiger partial charge in [0.2, 0.25) is 17.7 Å². The monoisotopic (exact) mass is 453 g/mol. The molecule has 4 aliphatic heterocycles. The van der Waals surface area contributed by atoms with Crippen LogP contribution in [0.5, 0.6) is 0 Å². The summed E-state index contributed by atoms with van der Waals surface area (Å²) in [7, 11) is 0. The van der Waals surface area contributed by atoms with Crippen molar-refractivity contribution >= 4 is 35.2 Å². The van der Waals surface area contributed by atoms with Gasteiger partial charge in [0.15, 0.2) is 0 Å². The van der Waals surface area contributed by atoms with E-state index in [4.69, 9.17) is 5.73 Å². The lowest BCUT2D eigenvalue weighted by Crippen LogP contribution is -2.54. The lowest BCUT2D eigenvalue weighted by atomic mass is 9.92. The lowest BCUT2D eigenvalue weighted by Gasteiger charge is -2.42. The van der Waals surface area contributed by atoms with Crippen LogP contribution in [0.4, 0.5) is 5.69 Å². The molecule has 3 saturated heterocycles. The molecule has 5 rings (SSSR count). The lowest BCUT2D eigenvalue weighted by molar-refractivity contribution is -0.136. The Hall–Kier alpha value is -3.27. The third-order valence-corrected chi connectivity index (χ3v) is 7.10. The number of carbonyl (C=O) groups excluding carboxylic acids is 5. The van der Waals surface area contributed by atoms with E-state index in [2.05, 4.69) is 5.32 Å². The number of nitrogens with one attached hydrogen (secondary N) is 1. The SMILES string of the molecule is NC1CCN(C(=O)CC2CN(c3cccc4c3C(=O)N(C3CCC(=O)NC3=O)C4=O)C2)CC1. The summed E-state index contributed by atoms with van der Waals surface area (Å²) in [4.78, 5) is 67.4. The molecule has 0 bridgehead atoms. The molecule has 3 N–H and O–H groups in total. The van der Waals surface area contributed by atoms with E-state index in [9.17, 15) is 24.0 Å². The molecule has 3 fully saturated rings. The molecule has 0 saturated carbocycles. The number of piperidine rings is 2. The second kappa shape index (κ2) is 8.26. The van der Waals surface area contributed by atoms with Crippen molar-refractivity contribution < 1.29 is 24.0 Å². The number of likely N-dealkylation sites (tertiary alicyclic amines) is 1. The van der Waals surface area contributed by atoms with Gasteiger partial charge >= 0.3 is 0 Å². The molecule has 4 aliphatic rings. The zero-order valence-electron chi connectivity index (χ0n) is 18.3. The fraction of sp³-hybridized carbons (Fsp3) is 0.522. The molecule has 0 aliphatic carbocycles. The number of benzene rings is 1. The predicted octanol–water partition coefficient (Wildman–Crippen LogP) is -0.136. The molecule has 1 aromatic carbocycles. The third-order valence-electron chi connectivity index (χ3n) is 7.10. The smallest absolute Gasteiger partial charge is 0.264 e. The van der Waals surface area contributed by atoms with Crippen LogP contribution in [0.2, 0.25) is 0 Å². The van der Waals surface area contributed by atoms with Crippen LogP contribution in [0.1, 0.15) is 52.8 Å². The van der Waals surface area contributed by atoms with Gasteiger partial charge in [-0.1, -0.05) is 6.07 Å². The van der Waals surface area contributed by atoms with Crippen LogP contribution in [-0.4, -0.2) is 77.6 Å². The van der Waals surface area contributed by atoms with Gasteiger partial charge in [-0.05, 0) is 31.4 Å². The van der Waals surface area contributed by atoms with Gasteiger partial charge < -0.3 is 15.5 Å². The van der Waals surface area contributed by atoms with E-state index in [1.54, 1.807) is 18.2 Å². The maximum absolute atomic E-state index is 13.2. The number of fused-ring (bicyclic) bond motifs is 1. The fourth-order valence-electron chi connectivity index (χ4n) is 5.18. The summed E-state index contributed by atoms with van der Waals surface area (Å²) in [6.45, 7) is 2.65. The summed E-state index contributed by atoms with van der Waals surface area (Å²) in [5.41, 5.74) is 7.13. The Morgan fingerprint density at radius 2 is 1.76 bits per heavy atom. The largest absolute Gasteiger partial charge is 0.370 e. The average molecular weight is 453 g/mol. The molecule has 33 heavy (non-hydrogen) atoms. The first-order valence-electron chi connectivity index (χ1n) is 11.5. The molecule has 174 valence electrons. The van der Waals surface area contributed by atoms with Crippen molar-refractivity contribution in [1.29, 1.82) is 0 Å². The first kappa shape index (κ1) is 21.6. The van der Waals surface area contributed by atoms with Gasteiger partial charge in [0.25, 0.3) is 11.8 Å². The Bertz CT molecular complexity index is 1040. The number of carbonyl (C=O) groups is 5. The summed E-state index contributed by atoms with van der Waals surface area (Å²) >= 11 is 0. The number of rotatable bonds is 4. The fourth-order valence-corrected chi connectivity index (χ4v) is 5.18. The van der Waals surface area contributed by atoms with Crippen LogP contribution in [0.15, 0.2) is 18.2 Å². The van der Waals surface area contributed by atoms with Crippen molar-refractivity contribution in [2.75, 3.05) is 31.1 Å². The Morgan fingerprint density at radius 3 is 2.45 bits per heavy atom. The van der Waals surface area contributed by atoms with Crippen molar-refractivity contribution in [3.8, 4) is 0 Å². The van der Waals surface area contributed by atoms with E-state index in [1.807, 2.05) is 9.80 Å². The van der Waals surface area contributed by atoms with E-state index < -0.39 is 29.7 Å². The van der Waals surface area contributed by atoms with Gasteiger partial charge in [0.05, 0.1) is 16.8 Å². The molecule has 1 aromatic rings. The summed E-state index contributed by atoms with van der Waals surface area (Å²) in [5, 5.41) is 2.21. The molecule has 0 spiro atoms. The highest BCUT2D eigenvalue weighted by atomic mass is 16.2. The second-order valence-electron chi connectivity index (χ2n) is 9.34. The minimum atomic E-state index is -0.984. The number of hydrogen-bond acceptors (Lipinski definition) is 7. The van der Waals surface area contributed by atoms with Crippen molar-refractivity contribution in [3.63, 3.8) is 0 Å². The molecule has 10 heteroatoms. The van der Waals surface area contributed by atoms with Gasteiger partial charge in [0.1, 0.15) is 6.04 Å². The molecule has 10 nitrogen and oxygen atoms in total. The Kier molecular flexibility index (Phi) is 5.40. The van der Waals surface area contributed by atoms with E-state index in [1.165, 1.54) is 0 Å². The van der Waals surface area contributed by atoms with Crippen LogP contribution < -0.4 is 16.0 Å². The van der Waals surface area contributed by atoms with Crippen LogP contribution in [0.3, 0.4) is 0 Å². The highest BCUT2D eigenvalue weighted by molar-refractivity contribution is 6.25. The van der Waals surface area contributed by atoms with Crippen LogP contribution in [0.25, 0.3) is 0 Å². The molecule has 0 aromatic heterocycles. The highest BCUT2D eigenvalue weighted by Gasteiger charge is 2.46. The van der Waals surface area contributed by atoms with E-state index in [-0.39, 0.29) is 36.3 Å². The number of hydrogen-bond donors (Lipinski definition) is 2. The van der Waals surface area contributed by atoms with E-state index >= 15 is 0 Å². The zero-order chi connectivity index (χ0) is 23.3. The second-order valence-corrected chi connectivity index (χ2v) is 9.34. The average Bonchev–Trinajstić information content (AvgIpc) is 3.01.